The average Bonchev–Trinajstić information content (AvgIpc) is 3.30. The number of anilines is 1. The highest BCUT2D eigenvalue weighted by atomic mass is 16.5. The van der Waals surface area contributed by atoms with Crippen molar-refractivity contribution in [1.82, 2.24) is 14.5 Å². The Morgan fingerprint density at radius 1 is 1.00 bits per heavy atom. The Morgan fingerprint density at radius 3 is 2.39 bits per heavy atom. The monoisotopic (exact) mass is 416 g/mol. The van der Waals surface area contributed by atoms with E-state index in [1.54, 1.807) is 6.20 Å². The normalized spacial score (nSPS) is 19.6. The van der Waals surface area contributed by atoms with Crippen molar-refractivity contribution in [3.05, 3.63) is 84.4 Å². The Morgan fingerprint density at radius 2 is 1.68 bits per heavy atom. The van der Waals surface area contributed by atoms with Gasteiger partial charge in [-0.3, -0.25) is 9.59 Å². The maximum atomic E-state index is 12.9. The molecule has 1 fully saturated rings. The first kappa shape index (κ1) is 19.5. The molecule has 0 radical (unpaired) electrons. The molecule has 0 saturated carbocycles. The van der Waals surface area contributed by atoms with Crippen LogP contribution in [0.1, 0.15) is 29.0 Å². The lowest BCUT2D eigenvalue weighted by Gasteiger charge is -2.45. The molecule has 2 aliphatic heterocycles. The number of hydrogen-bond acceptors (Lipinski definition) is 4. The molecule has 158 valence electrons. The first-order valence-electron chi connectivity index (χ1n) is 10.5. The molecule has 7 nitrogen and oxygen atoms in total. The summed E-state index contributed by atoms with van der Waals surface area (Å²) in [5.41, 5.74) is 0.753. The van der Waals surface area contributed by atoms with Crippen molar-refractivity contribution < 1.29 is 14.3 Å². The van der Waals surface area contributed by atoms with Crippen molar-refractivity contribution in [3.63, 3.8) is 0 Å². The van der Waals surface area contributed by atoms with E-state index >= 15 is 0 Å². The third-order valence-corrected chi connectivity index (χ3v) is 6.07. The fourth-order valence-electron chi connectivity index (χ4n) is 4.45. The van der Waals surface area contributed by atoms with Gasteiger partial charge in [0.05, 0.1) is 6.54 Å². The van der Waals surface area contributed by atoms with Crippen LogP contribution in [0, 0.1) is 0 Å². The highest BCUT2D eigenvalue weighted by molar-refractivity contribution is 5.95. The topological polar surface area (TPSA) is 76.5 Å². The molecular formula is C24H24N4O3. The van der Waals surface area contributed by atoms with Crippen LogP contribution in [-0.2, 0) is 21.7 Å². The zero-order valence-electron chi connectivity index (χ0n) is 17.1. The van der Waals surface area contributed by atoms with Gasteiger partial charge in [-0.2, -0.15) is 0 Å². The Bertz CT molecular complexity index is 1070. The fraction of sp³-hybridized carbons (Fsp3) is 0.292. The zero-order valence-corrected chi connectivity index (χ0v) is 17.1. The Labute approximate surface area is 180 Å². The van der Waals surface area contributed by atoms with Crippen LogP contribution in [-0.4, -0.2) is 45.5 Å². The van der Waals surface area contributed by atoms with E-state index in [2.05, 4.69) is 10.3 Å². The van der Waals surface area contributed by atoms with Gasteiger partial charge >= 0.3 is 0 Å². The Balaban J connectivity index is 1.33. The minimum Gasteiger partial charge on any atom is -0.352 e. The minimum absolute atomic E-state index is 0.0213. The van der Waals surface area contributed by atoms with E-state index in [1.807, 2.05) is 76.3 Å². The molecule has 2 aromatic carbocycles. The summed E-state index contributed by atoms with van der Waals surface area (Å²) in [5.74, 6) is 0.684. The number of hydrogen-bond donors (Lipinski definition) is 1. The fourth-order valence-corrected chi connectivity index (χ4v) is 4.45. The molecule has 0 aliphatic carbocycles. The summed E-state index contributed by atoms with van der Waals surface area (Å²) in [6, 6.07) is 18.7. The number of ether oxygens (including phenoxy) is 1. The molecule has 1 atom stereocenters. The maximum Gasteiger partial charge on any atom is 0.255 e. The second-order valence-corrected chi connectivity index (χ2v) is 8.02. The van der Waals surface area contributed by atoms with Crippen LogP contribution in [0.4, 0.5) is 5.69 Å². The summed E-state index contributed by atoms with van der Waals surface area (Å²) in [4.78, 5) is 32.2. The van der Waals surface area contributed by atoms with E-state index in [9.17, 15) is 9.59 Å². The van der Waals surface area contributed by atoms with Crippen molar-refractivity contribution >= 4 is 17.5 Å². The van der Waals surface area contributed by atoms with Crippen molar-refractivity contribution in [2.24, 2.45) is 0 Å². The highest BCUT2D eigenvalue weighted by Crippen LogP contribution is 2.40. The highest BCUT2D eigenvalue weighted by Gasteiger charge is 2.47. The second kappa shape index (κ2) is 8.00. The van der Waals surface area contributed by atoms with Gasteiger partial charge in [0, 0.05) is 49.6 Å². The Hall–Kier alpha value is -3.45. The van der Waals surface area contributed by atoms with Gasteiger partial charge in [0.25, 0.3) is 11.8 Å². The smallest absolute Gasteiger partial charge is 0.255 e. The summed E-state index contributed by atoms with van der Waals surface area (Å²) in [6.45, 7) is 1.52. The van der Waals surface area contributed by atoms with Gasteiger partial charge < -0.3 is 19.5 Å². The summed E-state index contributed by atoms with van der Waals surface area (Å²) in [6.07, 6.45) is 4.21. The second-order valence-electron chi connectivity index (χ2n) is 8.02. The number of piperidine rings is 1. The number of carbonyl (C=O) groups is 2. The molecule has 1 N–H and O–H groups in total. The van der Waals surface area contributed by atoms with Gasteiger partial charge in [-0.1, -0.05) is 36.4 Å². The SMILES string of the molecule is O=C(Nc1ccccc1)[C@H]1Cn2ccnc2C2(CCN(C(=O)c3ccccc3)CC2)O1. The maximum absolute atomic E-state index is 12.9. The first-order chi connectivity index (χ1) is 15.1. The molecule has 0 bridgehead atoms. The molecule has 7 heteroatoms. The van der Waals surface area contributed by atoms with Crippen LogP contribution in [0.5, 0.6) is 0 Å². The molecule has 5 rings (SSSR count). The minimum atomic E-state index is -0.673. The number of benzene rings is 2. The lowest BCUT2D eigenvalue weighted by Crippen LogP contribution is -2.54. The Kier molecular flexibility index (Phi) is 5.03. The first-order valence-corrected chi connectivity index (χ1v) is 10.5. The molecule has 0 unspecified atom stereocenters. The number of fused-ring (bicyclic) bond motifs is 2. The molecule has 1 aromatic heterocycles. The van der Waals surface area contributed by atoms with Gasteiger partial charge in [0.15, 0.2) is 6.10 Å². The molecule has 1 saturated heterocycles. The standard InChI is InChI=1S/C24H24N4O3/c29-21(26-19-9-5-2-6-10-19)20-17-28-16-13-25-23(28)24(31-20)11-14-27(15-12-24)22(30)18-7-3-1-4-8-18/h1-10,13,16,20H,11-12,14-15,17H2,(H,26,29)/t20-/m1/s1. The van der Waals surface area contributed by atoms with Crippen LogP contribution in [0.2, 0.25) is 0 Å². The molecule has 31 heavy (non-hydrogen) atoms. The van der Waals surface area contributed by atoms with Gasteiger partial charge in [-0.05, 0) is 24.3 Å². The van der Waals surface area contributed by atoms with Crippen LogP contribution in [0.15, 0.2) is 73.1 Å². The zero-order chi connectivity index (χ0) is 21.3. The molecule has 1 spiro atoms. The lowest BCUT2D eigenvalue weighted by atomic mass is 9.88. The van der Waals surface area contributed by atoms with Gasteiger partial charge in [0.2, 0.25) is 0 Å². The summed E-state index contributed by atoms with van der Waals surface area (Å²) in [7, 11) is 0. The number of rotatable bonds is 3. The average molecular weight is 416 g/mol. The number of amides is 2. The van der Waals surface area contributed by atoms with E-state index < -0.39 is 11.7 Å². The van der Waals surface area contributed by atoms with Crippen LogP contribution in [0.3, 0.4) is 0 Å². The number of nitrogens with zero attached hydrogens (tertiary/aromatic N) is 3. The van der Waals surface area contributed by atoms with E-state index in [0.717, 1.165) is 11.5 Å². The van der Waals surface area contributed by atoms with E-state index in [0.29, 0.717) is 38.0 Å². The van der Waals surface area contributed by atoms with E-state index in [1.165, 1.54) is 0 Å². The lowest BCUT2D eigenvalue weighted by molar-refractivity contribution is -0.168. The molecule has 2 amide bonds. The van der Waals surface area contributed by atoms with Crippen LogP contribution >= 0.6 is 0 Å². The molecular weight excluding hydrogens is 392 g/mol. The summed E-state index contributed by atoms with van der Waals surface area (Å²) < 4.78 is 8.44. The van der Waals surface area contributed by atoms with Crippen molar-refractivity contribution in [2.45, 2.75) is 31.1 Å². The number of likely N-dealkylation sites (tertiary alicyclic amines) is 1. The molecule has 2 aliphatic rings. The van der Waals surface area contributed by atoms with Crippen molar-refractivity contribution in [3.8, 4) is 0 Å². The van der Waals surface area contributed by atoms with Crippen LogP contribution in [0.25, 0.3) is 0 Å². The number of nitrogens with one attached hydrogen (secondary N) is 1. The number of imidazole rings is 1. The third kappa shape index (κ3) is 3.72. The van der Waals surface area contributed by atoms with E-state index in [-0.39, 0.29) is 11.8 Å². The third-order valence-electron chi connectivity index (χ3n) is 6.07. The van der Waals surface area contributed by atoms with Gasteiger partial charge in [-0.25, -0.2) is 4.98 Å². The van der Waals surface area contributed by atoms with Crippen molar-refractivity contribution in [2.75, 3.05) is 18.4 Å². The van der Waals surface area contributed by atoms with Crippen molar-refractivity contribution in [1.29, 1.82) is 0 Å². The summed E-state index contributed by atoms with van der Waals surface area (Å²) in [5, 5.41) is 2.94. The number of carbonyl (C=O) groups excluding carboxylic acids is 2. The van der Waals surface area contributed by atoms with Gasteiger partial charge in [-0.15, -0.1) is 0 Å². The predicted molar refractivity (Wildman–Crippen MR) is 115 cm³/mol. The summed E-state index contributed by atoms with van der Waals surface area (Å²) >= 11 is 0. The van der Waals surface area contributed by atoms with E-state index in [4.69, 9.17) is 4.74 Å². The molecule has 3 aromatic rings. The number of aromatic nitrogens is 2. The van der Waals surface area contributed by atoms with Crippen LogP contribution < -0.4 is 5.32 Å². The van der Waals surface area contributed by atoms with Gasteiger partial charge in [0.1, 0.15) is 11.4 Å². The number of para-hydroxylation sites is 1. The predicted octanol–water partition coefficient (Wildman–Crippen LogP) is 3.05. The quantitative estimate of drug-likeness (QED) is 0.712. The molecule has 3 heterocycles. The largest absolute Gasteiger partial charge is 0.352 e.